The molecule has 0 aliphatic carbocycles. The molecule has 0 saturated heterocycles. The molecule has 1 heteroatoms. The number of para-hydroxylation sites is 1. The van der Waals surface area contributed by atoms with Crippen molar-refractivity contribution in [3.8, 4) is 66.8 Å². The van der Waals surface area contributed by atoms with Crippen LogP contribution in [0, 0.1) is 0 Å². The van der Waals surface area contributed by atoms with Gasteiger partial charge in [0, 0.05) is 16.9 Å². The monoisotopic (exact) mass is 751 g/mol. The van der Waals surface area contributed by atoms with Gasteiger partial charge in [0.2, 0.25) is 0 Å². The molecule has 0 atom stereocenters. The lowest BCUT2D eigenvalue weighted by Gasteiger charge is -2.29. The zero-order valence-corrected chi connectivity index (χ0v) is 32.6. The number of hydrogen-bond donors (Lipinski definition) is 0. The Hall–Kier alpha value is -7.74. The second-order valence-corrected chi connectivity index (χ2v) is 14.9. The van der Waals surface area contributed by atoms with E-state index in [2.05, 4.69) is 254 Å². The Balaban J connectivity index is 1.14. The van der Waals surface area contributed by atoms with E-state index in [-0.39, 0.29) is 0 Å². The van der Waals surface area contributed by atoms with Crippen LogP contribution < -0.4 is 4.90 Å². The lowest BCUT2D eigenvalue weighted by atomic mass is 9.88. The van der Waals surface area contributed by atoms with Crippen LogP contribution in [0.25, 0.3) is 77.5 Å². The van der Waals surface area contributed by atoms with Crippen molar-refractivity contribution in [2.24, 2.45) is 0 Å². The number of anilines is 3. The molecule has 0 aromatic heterocycles. The van der Waals surface area contributed by atoms with Gasteiger partial charge in [0.15, 0.2) is 0 Å². The molecule has 10 rings (SSSR count). The van der Waals surface area contributed by atoms with Crippen LogP contribution in [0.3, 0.4) is 0 Å². The molecule has 0 aliphatic heterocycles. The third-order valence-corrected chi connectivity index (χ3v) is 11.3. The van der Waals surface area contributed by atoms with Crippen molar-refractivity contribution in [3.05, 3.63) is 249 Å². The maximum absolute atomic E-state index is 2.42. The number of nitrogens with zero attached hydrogens (tertiary/aromatic N) is 1. The van der Waals surface area contributed by atoms with E-state index in [1.807, 2.05) is 0 Å². The standard InChI is InChI=1S/C58H41N/c1-3-18-42(19-4-1)46-24-15-25-47(40-46)43-36-38-49(39-37-43)59(50-27-16-26-48(41-50)53-34-17-23-45-22-7-8-28-51(45)53)58-35-14-13-33-57(58)56-32-12-11-31-55(56)54-30-10-9-29-52(54)44-20-5-2-6-21-44/h1-41H. The number of fused-ring (bicyclic) bond motifs is 1. The van der Waals surface area contributed by atoms with Crippen molar-refractivity contribution in [2.75, 3.05) is 4.90 Å². The predicted molar refractivity (Wildman–Crippen MR) is 251 cm³/mol. The largest absolute Gasteiger partial charge is 0.310 e. The number of rotatable bonds is 9. The maximum atomic E-state index is 2.42. The van der Waals surface area contributed by atoms with Crippen molar-refractivity contribution in [1.82, 2.24) is 0 Å². The molecule has 1 nitrogen and oxygen atoms in total. The average Bonchev–Trinajstić information content (AvgIpc) is 3.32. The average molecular weight is 752 g/mol. The highest BCUT2D eigenvalue weighted by Gasteiger charge is 2.21. The Morgan fingerprint density at radius 3 is 1.41 bits per heavy atom. The summed E-state index contributed by atoms with van der Waals surface area (Å²) in [6, 6.07) is 89.8. The molecule has 0 spiro atoms. The van der Waals surface area contributed by atoms with Gasteiger partial charge in [0.05, 0.1) is 5.69 Å². The minimum absolute atomic E-state index is 1.08. The van der Waals surface area contributed by atoms with Crippen LogP contribution in [-0.4, -0.2) is 0 Å². The highest BCUT2D eigenvalue weighted by Crippen LogP contribution is 2.46. The third kappa shape index (κ3) is 7.12. The van der Waals surface area contributed by atoms with Crippen molar-refractivity contribution >= 4 is 27.8 Å². The Labute approximate surface area is 346 Å². The summed E-state index contributed by atoms with van der Waals surface area (Å²) in [7, 11) is 0. The normalized spacial score (nSPS) is 11.1. The first-order chi connectivity index (χ1) is 29.3. The van der Waals surface area contributed by atoms with Gasteiger partial charge >= 0.3 is 0 Å². The molecule has 0 N–H and O–H groups in total. The fraction of sp³-hybridized carbons (Fsp3) is 0. The summed E-state index contributed by atoms with van der Waals surface area (Å²) in [6.45, 7) is 0. The minimum Gasteiger partial charge on any atom is -0.310 e. The zero-order valence-electron chi connectivity index (χ0n) is 32.6. The summed E-state index contributed by atoms with van der Waals surface area (Å²) in [5.74, 6) is 0. The molecule has 278 valence electrons. The van der Waals surface area contributed by atoms with Gasteiger partial charge in [0.1, 0.15) is 0 Å². The molecular formula is C58H41N. The van der Waals surface area contributed by atoms with Crippen molar-refractivity contribution in [3.63, 3.8) is 0 Å². The molecule has 0 fully saturated rings. The fourth-order valence-electron chi connectivity index (χ4n) is 8.47. The second kappa shape index (κ2) is 16.0. The molecule has 0 aliphatic rings. The highest BCUT2D eigenvalue weighted by molar-refractivity contribution is 5.99. The van der Waals surface area contributed by atoms with Crippen LogP contribution in [0.4, 0.5) is 17.1 Å². The lowest BCUT2D eigenvalue weighted by molar-refractivity contribution is 1.28. The predicted octanol–water partition coefficient (Wildman–Crippen LogP) is 16.3. The van der Waals surface area contributed by atoms with Gasteiger partial charge in [-0.15, -0.1) is 0 Å². The highest BCUT2D eigenvalue weighted by atomic mass is 15.1. The third-order valence-electron chi connectivity index (χ3n) is 11.3. The molecule has 10 aromatic rings. The van der Waals surface area contributed by atoms with Gasteiger partial charge in [0.25, 0.3) is 0 Å². The van der Waals surface area contributed by atoms with Gasteiger partial charge in [-0.1, -0.05) is 212 Å². The molecule has 0 unspecified atom stereocenters. The first kappa shape index (κ1) is 35.7. The van der Waals surface area contributed by atoms with Gasteiger partial charge in [-0.2, -0.15) is 0 Å². The lowest BCUT2D eigenvalue weighted by Crippen LogP contribution is -2.11. The van der Waals surface area contributed by atoms with E-state index in [4.69, 9.17) is 0 Å². The molecular weight excluding hydrogens is 711 g/mol. The van der Waals surface area contributed by atoms with E-state index in [0.29, 0.717) is 0 Å². The van der Waals surface area contributed by atoms with Crippen molar-refractivity contribution in [1.29, 1.82) is 0 Å². The summed E-state index contributed by atoms with van der Waals surface area (Å²) < 4.78 is 0. The van der Waals surface area contributed by atoms with Crippen molar-refractivity contribution in [2.45, 2.75) is 0 Å². The maximum Gasteiger partial charge on any atom is 0.0540 e. The summed E-state index contributed by atoms with van der Waals surface area (Å²) in [6.07, 6.45) is 0. The molecule has 0 heterocycles. The quantitative estimate of drug-likeness (QED) is 0.142. The zero-order chi connectivity index (χ0) is 39.4. The van der Waals surface area contributed by atoms with Crippen LogP contribution in [0.15, 0.2) is 249 Å². The molecule has 10 aromatic carbocycles. The van der Waals surface area contributed by atoms with Crippen LogP contribution in [0.5, 0.6) is 0 Å². The van der Waals surface area contributed by atoms with Gasteiger partial charge in [-0.25, -0.2) is 0 Å². The van der Waals surface area contributed by atoms with Gasteiger partial charge < -0.3 is 4.90 Å². The van der Waals surface area contributed by atoms with Gasteiger partial charge in [-0.05, 0) is 108 Å². The van der Waals surface area contributed by atoms with E-state index in [0.717, 1.165) is 22.6 Å². The van der Waals surface area contributed by atoms with E-state index >= 15 is 0 Å². The molecule has 59 heavy (non-hydrogen) atoms. The summed E-state index contributed by atoms with van der Waals surface area (Å²) in [4.78, 5) is 2.42. The fourth-order valence-corrected chi connectivity index (χ4v) is 8.47. The Kier molecular flexibility index (Phi) is 9.68. The van der Waals surface area contributed by atoms with E-state index < -0.39 is 0 Å². The van der Waals surface area contributed by atoms with E-state index in [9.17, 15) is 0 Å². The topological polar surface area (TPSA) is 3.24 Å². The summed E-state index contributed by atoms with van der Waals surface area (Å²) >= 11 is 0. The summed E-state index contributed by atoms with van der Waals surface area (Å²) in [5, 5.41) is 2.48. The van der Waals surface area contributed by atoms with Crippen LogP contribution in [0.2, 0.25) is 0 Å². The summed E-state index contributed by atoms with van der Waals surface area (Å²) in [5.41, 5.74) is 17.6. The van der Waals surface area contributed by atoms with Crippen LogP contribution in [0.1, 0.15) is 0 Å². The minimum atomic E-state index is 1.08. The smallest absolute Gasteiger partial charge is 0.0540 e. The number of benzene rings is 10. The first-order valence-corrected chi connectivity index (χ1v) is 20.3. The SMILES string of the molecule is c1ccc(-c2cccc(-c3ccc(N(c4cccc(-c5cccc6ccccc56)c4)c4ccccc4-c4ccccc4-c4ccccc4-c4ccccc4)cc3)c2)cc1. The molecule has 0 radical (unpaired) electrons. The Bertz CT molecular complexity index is 3030. The van der Waals surface area contributed by atoms with Crippen LogP contribution in [-0.2, 0) is 0 Å². The van der Waals surface area contributed by atoms with E-state index in [1.54, 1.807) is 0 Å². The van der Waals surface area contributed by atoms with Gasteiger partial charge in [-0.3, -0.25) is 0 Å². The molecule has 0 amide bonds. The Morgan fingerprint density at radius 2 is 0.678 bits per heavy atom. The first-order valence-electron chi connectivity index (χ1n) is 20.3. The second-order valence-electron chi connectivity index (χ2n) is 14.9. The molecule has 0 saturated carbocycles. The van der Waals surface area contributed by atoms with E-state index in [1.165, 1.54) is 72.0 Å². The number of hydrogen-bond acceptors (Lipinski definition) is 1. The van der Waals surface area contributed by atoms with Crippen molar-refractivity contribution < 1.29 is 0 Å². The Morgan fingerprint density at radius 1 is 0.220 bits per heavy atom. The van der Waals surface area contributed by atoms with Crippen LogP contribution >= 0.6 is 0 Å². The molecule has 0 bridgehead atoms.